The quantitative estimate of drug-likeness (QED) is 0.427. The minimum Gasteiger partial charge on any atom is -0.761 e. The zero-order valence-corrected chi connectivity index (χ0v) is 13.0. The van der Waals surface area contributed by atoms with E-state index in [1.165, 1.54) is 0 Å². The second-order valence-electron chi connectivity index (χ2n) is 4.44. The van der Waals surface area contributed by atoms with Crippen molar-refractivity contribution in [2.45, 2.75) is 25.5 Å². The fraction of sp³-hybridized carbons (Fsp3) is 0.500. The maximum absolute atomic E-state index is 11.2. The molecule has 0 aromatic heterocycles. The smallest absolute Gasteiger partial charge is 0.305 e. The van der Waals surface area contributed by atoms with E-state index in [4.69, 9.17) is 9.47 Å². The summed E-state index contributed by atoms with van der Waals surface area (Å²) < 4.78 is 21.6. The number of benzene rings is 1. The molecule has 0 aliphatic carbocycles. The van der Waals surface area contributed by atoms with Crippen molar-refractivity contribution < 1.29 is 18.5 Å². The van der Waals surface area contributed by atoms with E-state index in [9.17, 15) is 14.2 Å². The van der Waals surface area contributed by atoms with E-state index in [2.05, 4.69) is 0 Å². The van der Waals surface area contributed by atoms with Crippen LogP contribution in [0.3, 0.4) is 0 Å². The first-order valence-corrected chi connectivity index (χ1v) is 8.38. The highest BCUT2D eigenvalue weighted by molar-refractivity contribution is 7.83. The molecule has 0 fully saturated rings. The Morgan fingerprint density at radius 2 is 2.14 bits per heavy atom. The molecule has 21 heavy (non-hydrogen) atoms. The Balaban J connectivity index is 2.53. The Morgan fingerprint density at radius 3 is 2.76 bits per heavy atom. The zero-order valence-electron chi connectivity index (χ0n) is 12.2. The van der Waals surface area contributed by atoms with Gasteiger partial charge in [0.2, 0.25) is 0 Å². The van der Waals surface area contributed by atoms with E-state index in [1.807, 2.05) is 0 Å². The molecule has 118 valence electrons. The Kier molecular flexibility index (Phi) is 7.78. The molecule has 0 radical (unpaired) electrons. The van der Waals surface area contributed by atoms with Gasteiger partial charge in [0.05, 0.1) is 13.2 Å². The van der Waals surface area contributed by atoms with Crippen LogP contribution in [0.4, 0.5) is 5.69 Å². The van der Waals surface area contributed by atoms with Crippen molar-refractivity contribution in [1.82, 2.24) is 0 Å². The molecule has 0 amide bonds. The Morgan fingerprint density at radius 1 is 1.38 bits per heavy atom. The normalized spacial score (nSPS) is 11.8. The van der Waals surface area contributed by atoms with Gasteiger partial charge in [0.15, 0.2) is 0 Å². The SMILES string of the molecule is CCOC(=O)CCCOc1cc(CS(C)=O)cc(N[O-])c1. The highest BCUT2D eigenvalue weighted by Gasteiger charge is 2.04. The number of nitrogens with one attached hydrogen (secondary N) is 1. The molecule has 1 unspecified atom stereocenters. The van der Waals surface area contributed by atoms with Gasteiger partial charge in [0.25, 0.3) is 0 Å². The lowest BCUT2D eigenvalue weighted by Crippen LogP contribution is -2.07. The third-order valence-corrected chi connectivity index (χ3v) is 3.29. The number of ether oxygens (including phenoxy) is 2. The van der Waals surface area contributed by atoms with Gasteiger partial charge < -0.3 is 20.2 Å². The predicted octanol–water partition coefficient (Wildman–Crippen LogP) is 2.20. The van der Waals surface area contributed by atoms with Gasteiger partial charge in [-0.2, -0.15) is 0 Å². The van der Waals surface area contributed by atoms with Gasteiger partial charge in [-0.25, -0.2) is 0 Å². The van der Waals surface area contributed by atoms with Crippen molar-refractivity contribution in [3.05, 3.63) is 29.0 Å². The number of carbonyl (C=O) groups is 1. The predicted molar refractivity (Wildman–Crippen MR) is 82.6 cm³/mol. The molecular weight excluding hydrogens is 294 g/mol. The van der Waals surface area contributed by atoms with Crippen LogP contribution in [0.15, 0.2) is 18.2 Å². The Bertz CT molecular complexity index is 492. The van der Waals surface area contributed by atoms with Crippen LogP contribution in [-0.2, 0) is 26.1 Å². The van der Waals surface area contributed by atoms with Gasteiger partial charge in [-0.3, -0.25) is 9.00 Å². The molecule has 1 rings (SSSR count). The van der Waals surface area contributed by atoms with Crippen LogP contribution in [-0.4, -0.2) is 29.6 Å². The van der Waals surface area contributed by atoms with Gasteiger partial charge in [-0.05, 0) is 31.0 Å². The highest BCUT2D eigenvalue weighted by Crippen LogP contribution is 2.22. The largest absolute Gasteiger partial charge is 0.761 e. The first-order chi connectivity index (χ1) is 10.0. The summed E-state index contributed by atoms with van der Waals surface area (Å²) in [7, 11) is -0.998. The lowest BCUT2D eigenvalue weighted by molar-refractivity contribution is -0.143. The van der Waals surface area contributed by atoms with Crippen LogP contribution in [0.2, 0.25) is 0 Å². The van der Waals surface area contributed by atoms with Crippen molar-refractivity contribution in [1.29, 1.82) is 0 Å². The van der Waals surface area contributed by atoms with E-state index < -0.39 is 10.8 Å². The summed E-state index contributed by atoms with van der Waals surface area (Å²) in [6.07, 6.45) is 2.42. The fourth-order valence-electron chi connectivity index (χ4n) is 1.76. The molecule has 1 aromatic rings. The molecule has 1 atom stereocenters. The van der Waals surface area contributed by atoms with E-state index in [0.717, 1.165) is 5.56 Å². The van der Waals surface area contributed by atoms with E-state index in [-0.39, 0.29) is 5.97 Å². The second kappa shape index (κ2) is 9.36. The molecule has 1 N–H and O–H groups in total. The van der Waals surface area contributed by atoms with Gasteiger partial charge in [-0.1, -0.05) is 0 Å². The molecular formula is C14H20NO5S-. The van der Waals surface area contributed by atoms with Crippen LogP contribution in [0, 0.1) is 5.21 Å². The number of rotatable bonds is 9. The average Bonchev–Trinajstić information content (AvgIpc) is 2.43. The van der Waals surface area contributed by atoms with E-state index in [0.29, 0.717) is 43.2 Å². The summed E-state index contributed by atoms with van der Waals surface area (Å²) in [4.78, 5) is 11.2. The first kappa shape index (κ1) is 17.5. The number of carbonyl (C=O) groups excluding carboxylic acids is 1. The van der Waals surface area contributed by atoms with Crippen molar-refractivity contribution in [2.24, 2.45) is 0 Å². The third kappa shape index (κ3) is 7.10. The first-order valence-electron chi connectivity index (χ1n) is 6.65. The van der Waals surface area contributed by atoms with Gasteiger partial charge in [0, 0.05) is 41.0 Å². The van der Waals surface area contributed by atoms with Crippen molar-refractivity contribution in [2.75, 3.05) is 24.9 Å². The molecule has 0 bridgehead atoms. The minimum absolute atomic E-state index is 0.252. The number of hydrogen-bond donors (Lipinski definition) is 1. The molecule has 7 heteroatoms. The summed E-state index contributed by atoms with van der Waals surface area (Å²) >= 11 is 0. The Hall–Kier alpha value is -1.60. The second-order valence-corrected chi connectivity index (χ2v) is 5.88. The highest BCUT2D eigenvalue weighted by atomic mass is 32.2. The summed E-state index contributed by atoms with van der Waals surface area (Å²) in [6, 6.07) is 4.95. The molecule has 0 saturated heterocycles. The lowest BCUT2D eigenvalue weighted by Gasteiger charge is -2.14. The maximum atomic E-state index is 11.2. The van der Waals surface area contributed by atoms with Crippen LogP contribution in [0.1, 0.15) is 25.3 Å². The van der Waals surface area contributed by atoms with Crippen LogP contribution in [0.5, 0.6) is 5.75 Å². The topological polar surface area (TPSA) is 87.7 Å². The summed E-state index contributed by atoms with van der Waals surface area (Å²) in [5.74, 6) is 0.618. The summed E-state index contributed by atoms with van der Waals surface area (Å²) in [5, 5.41) is 10.8. The van der Waals surface area contributed by atoms with E-state index >= 15 is 0 Å². The maximum Gasteiger partial charge on any atom is 0.305 e. The van der Waals surface area contributed by atoms with Gasteiger partial charge in [0.1, 0.15) is 5.75 Å². The lowest BCUT2D eigenvalue weighted by atomic mass is 10.2. The Labute approximate surface area is 126 Å². The average molecular weight is 314 g/mol. The zero-order chi connectivity index (χ0) is 15.7. The molecule has 1 aromatic carbocycles. The molecule has 6 nitrogen and oxygen atoms in total. The van der Waals surface area contributed by atoms with Crippen molar-refractivity contribution in [3.8, 4) is 5.75 Å². The summed E-state index contributed by atoms with van der Waals surface area (Å²) in [6.45, 7) is 2.47. The van der Waals surface area contributed by atoms with Crippen molar-refractivity contribution >= 4 is 22.5 Å². The number of hydrogen-bond acceptors (Lipinski definition) is 6. The van der Waals surface area contributed by atoms with Gasteiger partial charge in [-0.15, -0.1) is 0 Å². The standard InChI is InChI=1S/C14H20NO5S/c1-3-19-14(16)5-4-6-20-13-8-11(10-21(2)18)7-12(9-13)15-17/h7-9,15H,3-6,10H2,1-2H3/q-1. The van der Waals surface area contributed by atoms with Crippen LogP contribution < -0.4 is 10.2 Å². The van der Waals surface area contributed by atoms with E-state index in [1.54, 1.807) is 36.9 Å². The minimum atomic E-state index is -0.998. The number of anilines is 1. The van der Waals surface area contributed by atoms with Crippen molar-refractivity contribution in [3.63, 3.8) is 0 Å². The summed E-state index contributed by atoms with van der Waals surface area (Å²) in [5.41, 5.74) is 2.92. The molecule has 0 spiro atoms. The molecule has 0 aliphatic rings. The molecule has 0 aliphatic heterocycles. The van der Waals surface area contributed by atoms with Gasteiger partial charge >= 0.3 is 5.97 Å². The van der Waals surface area contributed by atoms with Crippen LogP contribution in [0.25, 0.3) is 0 Å². The molecule has 0 saturated carbocycles. The monoisotopic (exact) mass is 314 g/mol. The van der Waals surface area contributed by atoms with Crippen LogP contribution >= 0.6 is 0 Å². The third-order valence-electron chi connectivity index (χ3n) is 2.55. The molecule has 0 heterocycles. The number of esters is 1. The fourth-order valence-corrected chi connectivity index (χ4v) is 2.40.